The lowest BCUT2D eigenvalue weighted by atomic mass is 10.0. The molecule has 1 aliphatic heterocycles. The van der Waals surface area contributed by atoms with Crippen molar-refractivity contribution >= 4 is 17.5 Å². The van der Waals surface area contributed by atoms with Crippen LogP contribution in [0.3, 0.4) is 0 Å². The zero-order chi connectivity index (χ0) is 15.4. The number of piperazine rings is 1. The van der Waals surface area contributed by atoms with Gasteiger partial charge in [-0.1, -0.05) is 32.4 Å². The molecule has 5 heteroatoms. The average Bonchev–Trinajstić information content (AvgIpc) is 2.50. The number of hydrogen-bond donors (Lipinski definition) is 1. The van der Waals surface area contributed by atoms with E-state index < -0.39 is 12.1 Å². The van der Waals surface area contributed by atoms with Crippen LogP contribution in [0.1, 0.15) is 33.1 Å². The lowest BCUT2D eigenvalue weighted by Crippen LogP contribution is -2.63. The molecule has 2 rings (SSSR count). The standard InChI is InChI=1S/C16H22N2O3/c1-4-8-11-16(20)18(12(5-2)15(19)17-11)13-9-6-7-10-14(13)21-3/h6-7,9-12H,4-5,8H2,1-3H3,(H,17,19). The Labute approximate surface area is 125 Å². The molecule has 1 N–H and O–H groups in total. The van der Waals surface area contributed by atoms with Crippen molar-refractivity contribution in [1.29, 1.82) is 0 Å². The molecule has 1 aromatic carbocycles. The monoisotopic (exact) mass is 290 g/mol. The van der Waals surface area contributed by atoms with Crippen molar-refractivity contribution in [3.05, 3.63) is 24.3 Å². The molecule has 114 valence electrons. The highest BCUT2D eigenvalue weighted by molar-refractivity contribution is 6.09. The van der Waals surface area contributed by atoms with Gasteiger partial charge >= 0.3 is 0 Å². The summed E-state index contributed by atoms with van der Waals surface area (Å²) in [4.78, 5) is 26.6. The van der Waals surface area contributed by atoms with Gasteiger partial charge in [-0.15, -0.1) is 0 Å². The van der Waals surface area contributed by atoms with Crippen molar-refractivity contribution in [2.45, 2.75) is 45.2 Å². The number of ether oxygens (including phenoxy) is 1. The molecule has 5 nitrogen and oxygen atoms in total. The Hall–Kier alpha value is -2.04. The number of carbonyl (C=O) groups is 2. The number of methoxy groups -OCH3 is 1. The Morgan fingerprint density at radius 2 is 1.95 bits per heavy atom. The molecule has 1 heterocycles. The molecule has 21 heavy (non-hydrogen) atoms. The summed E-state index contributed by atoms with van der Waals surface area (Å²) in [5.74, 6) is 0.448. The van der Waals surface area contributed by atoms with E-state index in [4.69, 9.17) is 4.74 Å². The number of carbonyl (C=O) groups excluding carboxylic acids is 2. The second-order valence-corrected chi connectivity index (χ2v) is 5.15. The van der Waals surface area contributed by atoms with Crippen molar-refractivity contribution in [2.24, 2.45) is 0 Å². The minimum Gasteiger partial charge on any atom is -0.495 e. The number of rotatable bonds is 5. The van der Waals surface area contributed by atoms with E-state index in [0.717, 1.165) is 6.42 Å². The van der Waals surface area contributed by atoms with Crippen molar-refractivity contribution in [3.8, 4) is 5.75 Å². The van der Waals surface area contributed by atoms with Crippen molar-refractivity contribution in [2.75, 3.05) is 12.0 Å². The first-order valence-corrected chi connectivity index (χ1v) is 7.40. The predicted molar refractivity (Wildman–Crippen MR) is 81.4 cm³/mol. The van der Waals surface area contributed by atoms with Crippen LogP contribution in [0.4, 0.5) is 5.69 Å². The van der Waals surface area contributed by atoms with Crippen LogP contribution in [0.15, 0.2) is 24.3 Å². The molecule has 2 unspecified atom stereocenters. The van der Waals surface area contributed by atoms with Crippen LogP contribution in [0.2, 0.25) is 0 Å². The van der Waals surface area contributed by atoms with Gasteiger partial charge in [0.15, 0.2) is 0 Å². The van der Waals surface area contributed by atoms with Gasteiger partial charge in [-0.2, -0.15) is 0 Å². The van der Waals surface area contributed by atoms with E-state index in [1.807, 2.05) is 32.0 Å². The number of amides is 2. The summed E-state index contributed by atoms with van der Waals surface area (Å²) in [7, 11) is 1.57. The summed E-state index contributed by atoms with van der Waals surface area (Å²) in [6, 6.07) is 6.38. The van der Waals surface area contributed by atoms with E-state index in [-0.39, 0.29) is 11.8 Å². The van der Waals surface area contributed by atoms with Crippen LogP contribution in [0, 0.1) is 0 Å². The molecule has 0 spiro atoms. The first kappa shape index (κ1) is 15.4. The molecule has 0 radical (unpaired) electrons. The predicted octanol–water partition coefficient (Wildman–Crippen LogP) is 2.11. The molecular formula is C16H22N2O3. The maximum absolute atomic E-state index is 12.8. The van der Waals surface area contributed by atoms with Crippen LogP contribution in [0.25, 0.3) is 0 Å². The van der Waals surface area contributed by atoms with Gasteiger partial charge in [0.2, 0.25) is 11.8 Å². The second kappa shape index (κ2) is 6.61. The molecule has 0 aromatic heterocycles. The van der Waals surface area contributed by atoms with Crippen LogP contribution in [0.5, 0.6) is 5.75 Å². The van der Waals surface area contributed by atoms with E-state index in [0.29, 0.717) is 24.3 Å². The van der Waals surface area contributed by atoms with Gasteiger partial charge in [-0.25, -0.2) is 0 Å². The molecule has 1 aliphatic rings. The molecule has 2 atom stereocenters. The maximum Gasteiger partial charge on any atom is 0.250 e. The van der Waals surface area contributed by atoms with Crippen LogP contribution in [-0.4, -0.2) is 31.0 Å². The molecule has 1 saturated heterocycles. The fraction of sp³-hybridized carbons (Fsp3) is 0.500. The third kappa shape index (κ3) is 2.86. The number of para-hydroxylation sites is 2. The second-order valence-electron chi connectivity index (χ2n) is 5.15. The first-order valence-electron chi connectivity index (χ1n) is 7.40. The van der Waals surface area contributed by atoms with E-state index in [1.165, 1.54) is 0 Å². The summed E-state index contributed by atoms with van der Waals surface area (Å²) >= 11 is 0. The fourth-order valence-electron chi connectivity index (χ4n) is 2.74. The number of benzene rings is 1. The molecule has 0 saturated carbocycles. The molecule has 0 aliphatic carbocycles. The maximum atomic E-state index is 12.8. The lowest BCUT2D eigenvalue weighted by molar-refractivity contribution is -0.134. The quantitative estimate of drug-likeness (QED) is 0.903. The summed E-state index contributed by atoms with van der Waals surface area (Å²) in [5, 5.41) is 2.83. The smallest absolute Gasteiger partial charge is 0.250 e. The van der Waals surface area contributed by atoms with E-state index >= 15 is 0 Å². The minimum atomic E-state index is -0.484. The SMILES string of the molecule is CCCC1NC(=O)C(CC)N(c2ccccc2OC)C1=O. The van der Waals surface area contributed by atoms with Crippen LogP contribution in [-0.2, 0) is 9.59 Å². The highest BCUT2D eigenvalue weighted by atomic mass is 16.5. The van der Waals surface area contributed by atoms with Crippen molar-refractivity contribution in [3.63, 3.8) is 0 Å². The fourth-order valence-corrected chi connectivity index (χ4v) is 2.74. The Kier molecular flexibility index (Phi) is 4.83. The van der Waals surface area contributed by atoms with Gasteiger partial charge in [-0.3, -0.25) is 14.5 Å². The van der Waals surface area contributed by atoms with Crippen molar-refractivity contribution < 1.29 is 14.3 Å². The lowest BCUT2D eigenvalue weighted by Gasteiger charge is -2.39. The first-order chi connectivity index (χ1) is 10.1. The summed E-state index contributed by atoms with van der Waals surface area (Å²) in [6.07, 6.45) is 2.05. The highest BCUT2D eigenvalue weighted by Gasteiger charge is 2.40. The van der Waals surface area contributed by atoms with Crippen LogP contribution >= 0.6 is 0 Å². The number of nitrogens with zero attached hydrogens (tertiary/aromatic N) is 1. The van der Waals surface area contributed by atoms with Gasteiger partial charge in [0, 0.05) is 0 Å². The van der Waals surface area contributed by atoms with Gasteiger partial charge in [0.05, 0.1) is 12.8 Å². The summed E-state index contributed by atoms with van der Waals surface area (Å²) < 4.78 is 5.34. The number of anilines is 1. The van der Waals surface area contributed by atoms with Crippen LogP contribution < -0.4 is 15.0 Å². The largest absolute Gasteiger partial charge is 0.495 e. The van der Waals surface area contributed by atoms with Gasteiger partial charge < -0.3 is 10.1 Å². The Morgan fingerprint density at radius 3 is 2.57 bits per heavy atom. The van der Waals surface area contributed by atoms with E-state index in [2.05, 4.69) is 5.32 Å². The highest BCUT2D eigenvalue weighted by Crippen LogP contribution is 2.32. The number of nitrogens with one attached hydrogen (secondary N) is 1. The Morgan fingerprint density at radius 1 is 1.24 bits per heavy atom. The van der Waals surface area contributed by atoms with Gasteiger partial charge in [0.1, 0.15) is 17.8 Å². The summed E-state index contributed by atoms with van der Waals surface area (Å²) in [6.45, 7) is 3.90. The van der Waals surface area contributed by atoms with Gasteiger partial charge in [-0.05, 0) is 25.0 Å². The zero-order valence-corrected chi connectivity index (χ0v) is 12.8. The minimum absolute atomic E-state index is 0.0622. The topological polar surface area (TPSA) is 58.6 Å². The van der Waals surface area contributed by atoms with Crippen molar-refractivity contribution in [1.82, 2.24) is 5.32 Å². The third-order valence-electron chi connectivity index (χ3n) is 3.78. The third-order valence-corrected chi connectivity index (χ3v) is 3.78. The van der Waals surface area contributed by atoms with Gasteiger partial charge in [0.25, 0.3) is 0 Å². The number of hydrogen-bond acceptors (Lipinski definition) is 3. The van der Waals surface area contributed by atoms with E-state index in [9.17, 15) is 9.59 Å². The summed E-state index contributed by atoms with van der Waals surface area (Å²) in [5.41, 5.74) is 0.660. The molecule has 1 fully saturated rings. The average molecular weight is 290 g/mol. The normalized spacial score (nSPS) is 22.1. The Balaban J connectivity index is 2.44. The molecule has 2 amide bonds. The zero-order valence-electron chi connectivity index (χ0n) is 12.8. The molecule has 0 bridgehead atoms. The molecular weight excluding hydrogens is 268 g/mol. The Bertz CT molecular complexity index is 530. The molecule has 1 aromatic rings. The van der Waals surface area contributed by atoms with E-state index in [1.54, 1.807) is 18.1 Å².